The molecule has 2 aromatic heterocycles. The number of nitrogens with zero attached hydrogens (tertiary/aromatic N) is 2. The Hall–Kier alpha value is -3.80. The van der Waals surface area contributed by atoms with E-state index in [0.29, 0.717) is 22.8 Å². The van der Waals surface area contributed by atoms with Crippen LogP contribution in [0.15, 0.2) is 72.9 Å². The molecular weight excluding hydrogens is 354 g/mol. The predicted molar refractivity (Wildman–Crippen MR) is 108 cm³/mol. The van der Waals surface area contributed by atoms with Crippen molar-refractivity contribution in [1.82, 2.24) is 9.38 Å². The van der Waals surface area contributed by atoms with Crippen molar-refractivity contribution < 1.29 is 14.3 Å². The largest absolute Gasteiger partial charge is 0.497 e. The molecule has 1 N–H and O–H groups in total. The van der Waals surface area contributed by atoms with Gasteiger partial charge in [-0.1, -0.05) is 24.3 Å². The monoisotopic (exact) mass is 373 g/mol. The average molecular weight is 373 g/mol. The van der Waals surface area contributed by atoms with Gasteiger partial charge < -0.3 is 14.8 Å². The lowest BCUT2D eigenvalue weighted by Crippen LogP contribution is -2.14. The second-order valence-electron chi connectivity index (χ2n) is 6.16. The highest BCUT2D eigenvalue weighted by Crippen LogP contribution is 2.31. The summed E-state index contributed by atoms with van der Waals surface area (Å²) in [6.45, 7) is 0. The molecule has 0 radical (unpaired) electrons. The van der Waals surface area contributed by atoms with E-state index in [4.69, 9.17) is 14.5 Å². The Labute approximate surface area is 162 Å². The molecule has 2 aromatic carbocycles. The summed E-state index contributed by atoms with van der Waals surface area (Å²) in [6, 6.07) is 20.3. The Balaban J connectivity index is 1.79. The summed E-state index contributed by atoms with van der Waals surface area (Å²) in [5, 5.41) is 3.00. The first-order chi connectivity index (χ1) is 13.7. The van der Waals surface area contributed by atoms with Crippen molar-refractivity contribution in [2.24, 2.45) is 0 Å². The number of imidazole rings is 1. The number of aromatic nitrogens is 2. The van der Waals surface area contributed by atoms with Crippen LogP contribution in [0.2, 0.25) is 0 Å². The van der Waals surface area contributed by atoms with Crippen molar-refractivity contribution in [1.29, 1.82) is 0 Å². The molecule has 0 aliphatic heterocycles. The number of anilines is 1. The Morgan fingerprint density at radius 1 is 0.929 bits per heavy atom. The van der Waals surface area contributed by atoms with E-state index in [0.717, 1.165) is 17.0 Å². The third-order valence-electron chi connectivity index (χ3n) is 4.44. The molecule has 0 aliphatic carbocycles. The Morgan fingerprint density at radius 3 is 2.46 bits per heavy atom. The number of nitrogens with one attached hydrogen (secondary N) is 1. The molecule has 2 heterocycles. The highest BCUT2D eigenvalue weighted by Gasteiger charge is 2.18. The summed E-state index contributed by atoms with van der Waals surface area (Å²) in [4.78, 5) is 17.6. The highest BCUT2D eigenvalue weighted by atomic mass is 16.5. The number of amides is 1. The third-order valence-corrected chi connectivity index (χ3v) is 4.44. The predicted octanol–water partition coefficient (Wildman–Crippen LogP) is 4.27. The van der Waals surface area contributed by atoms with Crippen molar-refractivity contribution >= 4 is 17.4 Å². The van der Waals surface area contributed by atoms with E-state index >= 15 is 0 Å². The number of benzene rings is 2. The molecule has 6 nitrogen and oxygen atoms in total. The molecule has 28 heavy (non-hydrogen) atoms. The van der Waals surface area contributed by atoms with Crippen LogP contribution in [-0.2, 0) is 0 Å². The summed E-state index contributed by atoms with van der Waals surface area (Å²) in [5.41, 5.74) is 2.76. The van der Waals surface area contributed by atoms with Crippen LogP contribution in [0, 0.1) is 0 Å². The lowest BCUT2D eigenvalue weighted by Gasteiger charge is -2.09. The van der Waals surface area contributed by atoms with Crippen LogP contribution in [0.25, 0.3) is 16.9 Å². The molecule has 0 aliphatic rings. The first-order valence-corrected chi connectivity index (χ1v) is 8.76. The number of rotatable bonds is 5. The lowest BCUT2D eigenvalue weighted by molar-refractivity contribution is 0.102. The third kappa shape index (κ3) is 3.27. The van der Waals surface area contributed by atoms with Gasteiger partial charge in [0.25, 0.3) is 5.91 Å². The topological polar surface area (TPSA) is 64.9 Å². The standard InChI is InChI=1S/C22H19N3O3/c1-27-17-9-5-7-15(13-17)20-21(25-12-4-3-11-19(25)23-20)24-22(26)16-8-6-10-18(14-16)28-2/h3-14H,1-2H3,(H,24,26). The van der Waals surface area contributed by atoms with Gasteiger partial charge in [0.1, 0.15) is 28.7 Å². The molecule has 4 aromatic rings. The molecule has 4 rings (SSSR count). The van der Waals surface area contributed by atoms with Gasteiger partial charge in [-0.2, -0.15) is 0 Å². The maximum atomic E-state index is 12.9. The summed E-state index contributed by atoms with van der Waals surface area (Å²) in [6.07, 6.45) is 1.87. The fourth-order valence-electron chi connectivity index (χ4n) is 3.03. The Kier molecular flexibility index (Phi) is 4.68. The van der Waals surface area contributed by atoms with Crippen LogP contribution >= 0.6 is 0 Å². The molecule has 0 bridgehead atoms. The van der Waals surface area contributed by atoms with Crippen LogP contribution in [0.1, 0.15) is 10.4 Å². The number of carbonyl (C=O) groups is 1. The van der Waals surface area contributed by atoms with Gasteiger partial charge in [0.2, 0.25) is 0 Å². The van der Waals surface area contributed by atoms with E-state index in [1.807, 2.05) is 53.1 Å². The first-order valence-electron chi connectivity index (χ1n) is 8.76. The van der Waals surface area contributed by atoms with Crippen molar-refractivity contribution in [3.05, 3.63) is 78.5 Å². The number of pyridine rings is 1. The molecular formula is C22H19N3O3. The summed E-state index contributed by atoms with van der Waals surface area (Å²) >= 11 is 0. The Morgan fingerprint density at radius 2 is 1.68 bits per heavy atom. The summed E-state index contributed by atoms with van der Waals surface area (Å²) in [7, 11) is 3.19. The van der Waals surface area contributed by atoms with Crippen LogP contribution < -0.4 is 14.8 Å². The zero-order valence-electron chi connectivity index (χ0n) is 15.5. The zero-order chi connectivity index (χ0) is 19.5. The van der Waals surface area contributed by atoms with E-state index < -0.39 is 0 Å². The normalized spacial score (nSPS) is 10.6. The molecule has 6 heteroatoms. The maximum Gasteiger partial charge on any atom is 0.256 e. The maximum absolute atomic E-state index is 12.9. The zero-order valence-corrected chi connectivity index (χ0v) is 15.5. The number of hydrogen-bond acceptors (Lipinski definition) is 4. The molecule has 0 saturated heterocycles. The van der Waals surface area contributed by atoms with Crippen molar-refractivity contribution in [2.45, 2.75) is 0 Å². The smallest absolute Gasteiger partial charge is 0.256 e. The van der Waals surface area contributed by atoms with Gasteiger partial charge >= 0.3 is 0 Å². The SMILES string of the molecule is COc1cccc(C(=O)Nc2c(-c3cccc(OC)c3)nc3ccccn23)c1. The molecule has 0 spiro atoms. The van der Waals surface area contributed by atoms with Gasteiger partial charge in [-0.15, -0.1) is 0 Å². The summed E-state index contributed by atoms with van der Waals surface area (Å²) < 4.78 is 12.4. The molecule has 0 fully saturated rings. The highest BCUT2D eigenvalue weighted by molar-refractivity contribution is 6.06. The van der Waals surface area contributed by atoms with E-state index in [9.17, 15) is 4.79 Å². The van der Waals surface area contributed by atoms with Crippen LogP contribution in [0.3, 0.4) is 0 Å². The minimum atomic E-state index is -0.242. The lowest BCUT2D eigenvalue weighted by atomic mass is 10.1. The van der Waals surface area contributed by atoms with E-state index in [-0.39, 0.29) is 5.91 Å². The second kappa shape index (κ2) is 7.44. The number of methoxy groups -OCH3 is 2. The van der Waals surface area contributed by atoms with Crippen molar-refractivity contribution in [3.63, 3.8) is 0 Å². The van der Waals surface area contributed by atoms with Gasteiger partial charge in [0, 0.05) is 17.3 Å². The van der Waals surface area contributed by atoms with Gasteiger partial charge in [-0.3, -0.25) is 9.20 Å². The fraction of sp³-hybridized carbons (Fsp3) is 0.0909. The van der Waals surface area contributed by atoms with Crippen molar-refractivity contribution in [3.8, 4) is 22.8 Å². The summed E-state index contributed by atoms with van der Waals surface area (Å²) in [5.74, 6) is 1.70. The number of hydrogen-bond donors (Lipinski definition) is 1. The van der Waals surface area contributed by atoms with Crippen molar-refractivity contribution in [2.75, 3.05) is 19.5 Å². The van der Waals surface area contributed by atoms with Gasteiger partial charge in [0.05, 0.1) is 14.2 Å². The van der Waals surface area contributed by atoms with Crippen LogP contribution in [-0.4, -0.2) is 29.5 Å². The van der Waals surface area contributed by atoms with E-state index in [2.05, 4.69) is 5.32 Å². The fourth-order valence-corrected chi connectivity index (χ4v) is 3.03. The van der Waals surface area contributed by atoms with Gasteiger partial charge in [-0.25, -0.2) is 4.98 Å². The molecule has 0 unspecified atom stereocenters. The molecule has 0 atom stereocenters. The number of fused-ring (bicyclic) bond motifs is 1. The second-order valence-corrected chi connectivity index (χ2v) is 6.16. The molecule has 140 valence electrons. The number of carbonyl (C=O) groups excluding carboxylic acids is 1. The molecule has 1 amide bonds. The average Bonchev–Trinajstić information content (AvgIpc) is 3.12. The minimum absolute atomic E-state index is 0.242. The van der Waals surface area contributed by atoms with E-state index in [1.165, 1.54) is 0 Å². The van der Waals surface area contributed by atoms with Crippen LogP contribution in [0.5, 0.6) is 11.5 Å². The van der Waals surface area contributed by atoms with Gasteiger partial charge in [0.15, 0.2) is 0 Å². The quantitative estimate of drug-likeness (QED) is 0.567. The molecule has 0 saturated carbocycles. The van der Waals surface area contributed by atoms with Crippen LogP contribution in [0.4, 0.5) is 5.82 Å². The first kappa shape index (κ1) is 17.6. The van der Waals surface area contributed by atoms with E-state index in [1.54, 1.807) is 38.5 Å². The minimum Gasteiger partial charge on any atom is -0.497 e. The number of ether oxygens (including phenoxy) is 2. The Bertz CT molecular complexity index is 1150. The van der Waals surface area contributed by atoms with Gasteiger partial charge in [-0.05, 0) is 42.5 Å².